The van der Waals surface area contributed by atoms with E-state index in [1.807, 2.05) is 6.08 Å². The Bertz CT molecular complexity index is 74.4. The van der Waals surface area contributed by atoms with Crippen LogP contribution in [0.2, 0.25) is 0 Å². The second kappa shape index (κ2) is 10.5. The van der Waals surface area contributed by atoms with Gasteiger partial charge in [0, 0.05) is 17.1 Å². The van der Waals surface area contributed by atoms with E-state index in [0.29, 0.717) is 0 Å². The molecule has 2 nitrogen and oxygen atoms in total. The van der Waals surface area contributed by atoms with Crippen LogP contribution < -0.4 is 0 Å². The van der Waals surface area contributed by atoms with E-state index in [1.165, 1.54) is 7.11 Å². The molecule has 0 fully saturated rings. The maximum Gasteiger partial charge on any atom is 1.00 e. The van der Waals surface area contributed by atoms with Gasteiger partial charge in [-0.2, -0.15) is 0 Å². The molecule has 4 heteroatoms. The molecule has 0 aliphatic carbocycles. The Morgan fingerprint density at radius 3 is 2.12 bits per heavy atom. The number of carbonyl (C=O) groups is 1. The first kappa shape index (κ1) is 15.8. The maximum atomic E-state index is 9.78. The molecule has 0 rings (SSSR count). The summed E-state index contributed by atoms with van der Waals surface area (Å²) in [6, 6.07) is 0. The quantitative estimate of drug-likeness (QED) is 0.293. The third kappa shape index (κ3) is 9.69. The number of ether oxygens (including phenoxy) is 1. The molecule has 0 bridgehead atoms. The van der Waals surface area contributed by atoms with E-state index in [-0.39, 0.29) is 39.4 Å². The SMILES string of the molecule is C=[C-]C(=O)OC.[Au+].[Cu]. The van der Waals surface area contributed by atoms with Gasteiger partial charge in [-0.05, 0) is 0 Å². The largest absolute Gasteiger partial charge is 1.00 e. The smallest absolute Gasteiger partial charge is 0.493 e. The van der Waals surface area contributed by atoms with Crippen molar-refractivity contribution in [1.29, 1.82) is 0 Å². The molecule has 0 unspecified atom stereocenters. The van der Waals surface area contributed by atoms with E-state index in [0.717, 1.165) is 0 Å². The maximum absolute atomic E-state index is 9.78. The van der Waals surface area contributed by atoms with Gasteiger partial charge in [-0.15, -0.1) is 0 Å². The van der Waals surface area contributed by atoms with Gasteiger partial charge in [-0.1, -0.05) is 0 Å². The van der Waals surface area contributed by atoms with Crippen molar-refractivity contribution in [3.8, 4) is 0 Å². The first-order valence-corrected chi connectivity index (χ1v) is 1.42. The molecule has 55 valence electrons. The summed E-state index contributed by atoms with van der Waals surface area (Å²) in [5, 5.41) is 0. The van der Waals surface area contributed by atoms with Gasteiger partial charge in [0.1, 0.15) is 5.97 Å². The fourth-order valence-corrected chi connectivity index (χ4v) is 0.0722. The summed E-state index contributed by atoms with van der Waals surface area (Å²) in [5.41, 5.74) is 0. The number of hydrogen-bond acceptors (Lipinski definition) is 2. The Morgan fingerprint density at radius 2 is 2.12 bits per heavy atom. The number of esters is 1. The van der Waals surface area contributed by atoms with Crippen LogP contribution in [0.15, 0.2) is 6.58 Å². The summed E-state index contributed by atoms with van der Waals surface area (Å²) in [4.78, 5) is 9.78. The molecule has 0 aliphatic rings. The van der Waals surface area contributed by atoms with Gasteiger partial charge < -0.3 is 10.8 Å². The van der Waals surface area contributed by atoms with Crippen molar-refractivity contribution in [1.82, 2.24) is 0 Å². The van der Waals surface area contributed by atoms with E-state index in [2.05, 4.69) is 11.3 Å². The first-order valence-electron chi connectivity index (χ1n) is 1.42. The zero-order chi connectivity index (χ0) is 4.99. The predicted octanol–water partition coefficient (Wildman–Crippen LogP) is 0.144. The normalized spacial score (nSPS) is 5.12. The zero-order valence-electron chi connectivity index (χ0n) is 4.13. The van der Waals surface area contributed by atoms with E-state index in [9.17, 15) is 4.79 Å². The van der Waals surface area contributed by atoms with Crippen LogP contribution in [0, 0.1) is 6.08 Å². The van der Waals surface area contributed by atoms with E-state index < -0.39 is 5.97 Å². The first-order chi connectivity index (χ1) is 2.81. The van der Waals surface area contributed by atoms with Gasteiger partial charge in [0.15, 0.2) is 0 Å². The van der Waals surface area contributed by atoms with Gasteiger partial charge in [-0.25, -0.2) is 0 Å². The van der Waals surface area contributed by atoms with Crippen LogP contribution >= 0.6 is 0 Å². The van der Waals surface area contributed by atoms with Gasteiger partial charge in [0.05, 0.1) is 7.11 Å². The van der Waals surface area contributed by atoms with Crippen LogP contribution in [0.5, 0.6) is 0 Å². The van der Waals surface area contributed by atoms with Crippen molar-refractivity contribution >= 4 is 5.97 Å². The van der Waals surface area contributed by atoms with Crippen LogP contribution in [0.3, 0.4) is 0 Å². The second-order valence-corrected chi connectivity index (χ2v) is 0.668. The fraction of sp³-hybridized carbons (Fsp3) is 0.250. The third-order valence-corrected chi connectivity index (χ3v) is 0.330. The molecule has 0 saturated heterocycles. The Kier molecular flexibility index (Phi) is 20.6. The molecule has 0 heterocycles. The molecule has 0 spiro atoms. The van der Waals surface area contributed by atoms with Crippen LogP contribution in [0.25, 0.3) is 0 Å². The Hall–Kier alpha value is 0.470. The van der Waals surface area contributed by atoms with Crippen LogP contribution in [0.4, 0.5) is 0 Å². The molecule has 0 saturated carbocycles. The molecule has 0 aromatic carbocycles. The average Bonchev–Trinajstić information content (AvgIpc) is 1.65. The van der Waals surface area contributed by atoms with Gasteiger partial charge >= 0.3 is 22.4 Å². The summed E-state index contributed by atoms with van der Waals surface area (Å²) >= 11 is 0. The number of carbonyl (C=O) groups excluding carboxylic acids is 1. The Balaban J connectivity index is -0.000000125. The van der Waals surface area contributed by atoms with E-state index in [4.69, 9.17) is 0 Å². The third-order valence-electron chi connectivity index (χ3n) is 0.330. The van der Waals surface area contributed by atoms with Crippen LogP contribution in [-0.2, 0) is 49.0 Å². The minimum atomic E-state index is -0.519. The molecule has 1 radical (unpaired) electrons. The molecule has 0 aromatic heterocycles. The minimum Gasteiger partial charge on any atom is -0.493 e. The topological polar surface area (TPSA) is 26.3 Å². The summed E-state index contributed by atoms with van der Waals surface area (Å²) in [6.45, 7) is 3.03. The number of rotatable bonds is 1. The zero-order valence-corrected chi connectivity index (χ0v) is 7.23. The van der Waals surface area contributed by atoms with Crippen molar-refractivity contribution in [3.05, 3.63) is 12.7 Å². The molecule has 0 N–H and O–H groups in total. The Morgan fingerprint density at radius 1 is 1.75 bits per heavy atom. The van der Waals surface area contributed by atoms with Crippen molar-refractivity contribution in [2.24, 2.45) is 0 Å². The summed E-state index contributed by atoms with van der Waals surface area (Å²) < 4.78 is 4.09. The number of methoxy groups -OCH3 is 1. The van der Waals surface area contributed by atoms with E-state index in [1.54, 1.807) is 0 Å². The standard InChI is InChI=1S/C4H5O2.Au.Cu/c1-3-4(5)6-2;;/h1H2,2H3;;/q-1;+1;. The fourth-order valence-electron chi connectivity index (χ4n) is 0.0722. The second-order valence-electron chi connectivity index (χ2n) is 0.668. The molecule has 0 aromatic rings. The van der Waals surface area contributed by atoms with Crippen molar-refractivity contribution in [2.75, 3.05) is 7.11 Å². The van der Waals surface area contributed by atoms with Gasteiger partial charge in [-0.3, -0.25) is 11.4 Å². The summed E-state index contributed by atoms with van der Waals surface area (Å²) in [6.07, 6.45) is 2.00. The minimum absolute atomic E-state index is 0. The molecule has 0 atom stereocenters. The molecular weight excluding hydrogens is 341 g/mol. The predicted molar refractivity (Wildman–Crippen MR) is 20.9 cm³/mol. The van der Waals surface area contributed by atoms with Crippen molar-refractivity contribution in [3.63, 3.8) is 0 Å². The van der Waals surface area contributed by atoms with Gasteiger partial charge in [0.25, 0.3) is 0 Å². The summed E-state index contributed by atoms with van der Waals surface area (Å²) in [7, 11) is 1.28. The molecule has 8 heavy (non-hydrogen) atoms. The number of hydrogen-bond donors (Lipinski definition) is 0. The molecular formula is C4H5AuCuO2. The Labute approximate surface area is 74.6 Å². The van der Waals surface area contributed by atoms with Gasteiger partial charge in [0.2, 0.25) is 0 Å². The van der Waals surface area contributed by atoms with Crippen LogP contribution in [0.1, 0.15) is 0 Å². The van der Waals surface area contributed by atoms with E-state index >= 15 is 0 Å². The van der Waals surface area contributed by atoms with Crippen molar-refractivity contribution < 1.29 is 49.0 Å². The molecule has 0 aliphatic heterocycles. The average molecular weight is 346 g/mol. The monoisotopic (exact) mass is 345 g/mol. The van der Waals surface area contributed by atoms with Crippen LogP contribution in [-0.4, -0.2) is 13.1 Å². The molecule has 0 amide bonds. The summed E-state index contributed by atoms with van der Waals surface area (Å²) in [5.74, 6) is -0.519. The van der Waals surface area contributed by atoms with Crippen molar-refractivity contribution in [2.45, 2.75) is 0 Å².